The maximum absolute atomic E-state index is 15.0. The van der Waals surface area contributed by atoms with Crippen LogP contribution in [0.1, 0.15) is 130 Å². The van der Waals surface area contributed by atoms with Crippen molar-refractivity contribution in [1.82, 2.24) is 40.2 Å². The average Bonchev–Trinajstić information content (AvgIpc) is 2.16. The number of hydrogen-bond acceptors (Lipinski definition) is 10. The van der Waals surface area contributed by atoms with Gasteiger partial charge in [0.2, 0.25) is 47.3 Å². The molecule has 3 saturated heterocycles. The zero-order valence-corrected chi connectivity index (χ0v) is 47.6. The van der Waals surface area contributed by atoms with E-state index in [1.165, 1.54) is 25.9 Å². The Balaban J connectivity index is 0.934. The van der Waals surface area contributed by atoms with Crippen molar-refractivity contribution in [1.29, 1.82) is 0 Å². The number of fused-ring (bicyclic) bond motifs is 2. The summed E-state index contributed by atoms with van der Waals surface area (Å²) < 4.78 is 43.3. The molecule has 3 aliphatic rings. The molecule has 0 aliphatic carbocycles. The average molecular weight is 1180 g/mol. The quantitative estimate of drug-likeness (QED) is 0.0191. The maximum atomic E-state index is 15.0. The summed E-state index contributed by atoms with van der Waals surface area (Å²) in [5, 5.41) is 10.9. The first kappa shape index (κ1) is 61.9. The van der Waals surface area contributed by atoms with Crippen LogP contribution >= 0.6 is 7.60 Å². The fourth-order valence-electron chi connectivity index (χ4n) is 11.4. The lowest BCUT2D eigenvalue weighted by Crippen LogP contribution is -2.62. The Morgan fingerprint density at radius 3 is 2.11 bits per heavy atom. The topological polar surface area (TPSA) is 302 Å². The lowest BCUT2D eigenvalue weighted by atomic mass is 9.98. The van der Waals surface area contributed by atoms with Crippen molar-refractivity contribution >= 4 is 71.5 Å². The number of aryl methyl sites for hydroxylation is 2. The number of benzene rings is 4. The highest BCUT2D eigenvalue weighted by Gasteiger charge is 2.50. The van der Waals surface area contributed by atoms with Crippen molar-refractivity contribution < 1.29 is 61.5 Å². The molecule has 8 rings (SSSR count). The van der Waals surface area contributed by atoms with Gasteiger partial charge in [0.25, 0.3) is 0 Å². The molecule has 446 valence electrons. The van der Waals surface area contributed by atoms with E-state index in [4.69, 9.17) is 5.73 Å². The van der Waals surface area contributed by atoms with Crippen molar-refractivity contribution in [3.63, 3.8) is 0 Å². The molecule has 1 aromatic heterocycles. The molecule has 2 unspecified atom stereocenters. The lowest BCUT2D eigenvalue weighted by molar-refractivity contribution is -0.147. The standard InChI is InChI=1S/C60H70F2N9O12P/c1-37(39-21-23-42(24-22-39)60(61,62)84(81,82)83)34-52(74)64-45-36-69(53(75)19-13-5-3-4-8-14-38-20-27-46-49(35-38)68(2)59(80)71(46)48-29-31-51(73)66-57(48)78)33-32-43-25-28-47(70(43)58(45)79)56(77)65-44(26-30-50(63)72)55(76)67-54(40-15-9-6-10-16-40)41-17-11-7-12-18-41/h6-7,9-12,15-18,20-24,27,34-35,43-45,47-48,54H,3-5,8,13-14,19,25-26,28-33,36H2,1-2H3,(H2,63,72)(H,64,74)(H,65,77)(H,67,76)(H,66,73,78)(H2,81,82,83)/b37-34+/t43?,44-,45-,47-,48?/m0/s1. The number of unbranched alkanes of at least 4 members (excludes halogenated alkanes) is 4. The minimum absolute atomic E-state index is 0.141. The van der Waals surface area contributed by atoms with Crippen LogP contribution in [-0.2, 0) is 62.1 Å². The maximum Gasteiger partial charge on any atom is 0.399 e. The van der Waals surface area contributed by atoms with Gasteiger partial charge in [-0.05, 0) is 98.2 Å². The van der Waals surface area contributed by atoms with Crippen molar-refractivity contribution in [2.75, 3.05) is 13.1 Å². The Morgan fingerprint density at radius 2 is 1.46 bits per heavy atom. The Labute approximate surface area is 483 Å². The van der Waals surface area contributed by atoms with Gasteiger partial charge in [0.15, 0.2) is 0 Å². The van der Waals surface area contributed by atoms with Crippen molar-refractivity contribution in [3.8, 4) is 0 Å². The number of halogens is 2. The number of aromatic nitrogens is 2. The van der Waals surface area contributed by atoms with Crippen LogP contribution < -0.4 is 32.7 Å². The van der Waals surface area contributed by atoms with Gasteiger partial charge in [0.05, 0.1) is 17.1 Å². The fraction of sp³-hybridized carbons (Fsp3) is 0.417. The molecule has 4 aromatic carbocycles. The SMILES string of the molecule is C/C(=C\C(=O)N[C@H]1CN(C(=O)CCCCCCCc2ccc3c(c2)n(C)c(=O)n3C2CCC(=O)NC2=O)CCC2CC[C@@H](C(=O)N[C@@H](CCC(N)=O)C(=O)NC(c3ccccc3)c3ccccc3)N2C1=O)c1ccc(C(F)(F)P(=O)(O)O)cc1. The number of nitrogens with two attached hydrogens (primary N) is 1. The van der Waals surface area contributed by atoms with Crippen LogP contribution in [0.3, 0.4) is 0 Å². The van der Waals surface area contributed by atoms with Crippen LogP contribution in [0.25, 0.3) is 16.6 Å². The lowest BCUT2D eigenvalue weighted by Gasteiger charge is -2.39. The minimum Gasteiger partial charge on any atom is -0.370 e. The molecule has 0 saturated carbocycles. The Hall–Kier alpha value is -8.14. The summed E-state index contributed by atoms with van der Waals surface area (Å²) in [6.07, 6.45) is 6.47. The van der Waals surface area contributed by atoms with E-state index in [9.17, 15) is 66.3 Å². The fourth-order valence-corrected chi connectivity index (χ4v) is 11.9. The highest BCUT2D eigenvalue weighted by atomic mass is 31.2. The van der Waals surface area contributed by atoms with Gasteiger partial charge >= 0.3 is 18.9 Å². The van der Waals surface area contributed by atoms with Gasteiger partial charge in [0, 0.05) is 57.1 Å². The third kappa shape index (κ3) is 14.6. The van der Waals surface area contributed by atoms with Crippen LogP contribution in [0.2, 0.25) is 0 Å². The molecule has 5 atom stereocenters. The second-order valence-electron chi connectivity index (χ2n) is 21.8. The van der Waals surface area contributed by atoms with Gasteiger partial charge in [-0.15, -0.1) is 0 Å². The van der Waals surface area contributed by atoms with Gasteiger partial charge in [-0.25, -0.2) is 4.79 Å². The first-order valence-corrected chi connectivity index (χ1v) is 29.8. The predicted octanol–water partition coefficient (Wildman–Crippen LogP) is 5.26. The van der Waals surface area contributed by atoms with E-state index in [2.05, 4.69) is 21.3 Å². The van der Waals surface area contributed by atoms with E-state index in [1.807, 2.05) is 78.9 Å². The zero-order chi connectivity index (χ0) is 60.5. The van der Waals surface area contributed by atoms with E-state index in [-0.39, 0.29) is 80.3 Å². The monoisotopic (exact) mass is 1180 g/mol. The van der Waals surface area contributed by atoms with E-state index < -0.39 is 90.5 Å². The van der Waals surface area contributed by atoms with E-state index in [1.54, 1.807) is 7.05 Å². The number of piperidine rings is 1. The Kier molecular flexibility index (Phi) is 19.9. The molecule has 21 nitrogen and oxygen atoms in total. The van der Waals surface area contributed by atoms with Crippen LogP contribution in [0.15, 0.2) is 114 Å². The minimum atomic E-state index is -5.85. The third-order valence-electron chi connectivity index (χ3n) is 16.0. The number of amides is 8. The number of allylic oxidation sites excluding steroid dienone is 1. The number of primary amides is 1. The normalized spacial score (nSPS) is 19.1. The molecule has 4 heterocycles. The summed E-state index contributed by atoms with van der Waals surface area (Å²) in [7, 11) is -4.21. The molecule has 0 spiro atoms. The number of imidazole rings is 1. The van der Waals surface area contributed by atoms with Crippen molar-refractivity contribution in [2.45, 2.75) is 139 Å². The van der Waals surface area contributed by atoms with Crippen LogP contribution in [0, 0.1) is 0 Å². The first-order valence-electron chi connectivity index (χ1n) is 28.2. The van der Waals surface area contributed by atoms with Crippen molar-refractivity contribution in [3.05, 3.63) is 148 Å². The number of hydrogen-bond donors (Lipinski definition) is 7. The number of alkyl halides is 2. The van der Waals surface area contributed by atoms with Gasteiger partial charge in [-0.2, -0.15) is 8.78 Å². The van der Waals surface area contributed by atoms with E-state index in [0.29, 0.717) is 36.7 Å². The number of rotatable bonds is 23. The number of nitrogens with one attached hydrogen (secondary N) is 4. The number of carbonyl (C=O) groups excluding carboxylic acids is 8. The molecule has 24 heteroatoms. The van der Waals surface area contributed by atoms with Crippen LogP contribution in [-0.4, -0.2) is 113 Å². The summed E-state index contributed by atoms with van der Waals surface area (Å²) in [6, 6.07) is 22.2. The highest BCUT2D eigenvalue weighted by molar-refractivity contribution is 7.52. The second-order valence-corrected chi connectivity index (χ2v) is 23.4. The van der Waals surface area contributed by atoms with Crippen molar-refractivity contribution in [2.24, 2.45) is 12.8 Å². The summed E-state index contributed by atoms with van der Waals surface area (Å²) in [4.78, 5) is 143. The third-order valence-corrected chi connectivity index (χ3v) is 16.9. The summed E-state index contributed by atoms with van der Waals surface area (Å²) in [5.74, 6) is -4.58. The number of imide groups is 1. The van der Waals surface area contributed by atoms with E-state index in [0.717, 1.165) is 72.7 Å². The Morgan fingerprint density at radius 1 is 0.810 bits per heavy atom. The molecular weight excluding hydrogens is 1110 g/mol. The number of nitrogens with zero attached hydrogens (tertiary/aromatic N) is 4. The molecule has 0 bridgehead atoms. The van der Waals surface area contributed by atoms with Gasteiger partial charge in [-0.3, -0.25) is 57.4 Å². The molecule has 5 aromatic rings. The summed E-state index contributed by atoms with van der Waals surface area (Å²) >= 11 is 0. The predicted molar refractivity (Wildman–Crippen MR) is 306 cm³/mol. The van der Waals surface area contributed by atoms with Crippen LogP contribution in [0.4, 0.5) is 8.78 Å². The molecular formula is C60H70F2N9O12P. The smallest absolute Gasteiger partial charge is 0.370 e. The van der Waals surface area contributed by atoms with Gasteiger partial charge in [0.1, 0.15) is 24.2 Å². The van der Waals surface area contributed by atoms with Crippen LogP contribution in [0.5, 0.6) is 0 Å². The molecule has 84 heavy (non-hydrogen) atoms. The molecule has 8 amide bonds. The molecule has 0 radical (unpaired) electrons. The van der Waals surface area contributed by atoms with Gasteiger partial charge < -0.3 is 41.3 Å². The summed E-state index contributed by atoms with van der Waals surface area (Å²) in [6.45, 7) is 1.40. The van der Waals surface area contributed by atoms with Gasteiger partial charge in [-0.1, -0.05) is 110 Å². The number of carbonyl (C=O) groups is 8. The molecule has 3 aliphatic heterocycles. The second kappa shape index (κ2) is 27.1. The largest absolute Gasteiger partial charge is 0.399 e. The first-order chi connectivity index (χ1) is 40.0. The molecule has 3 fully saturated rings. The summed E-state index contributed by atoms with van der Waals surface area (Å²) in [5.41, 5.74) is 4.07. The molecule has 8 N–H and O–H groups in total. The zero-order valence-electron chi connectivity index (χ0n) is 46.7. The highest BCUT2D eigenvalue weighted by Crippen LogP contribution is 2.59. The van der Waals surface area contributed by atoms with E-state index >= 15 is 0 Å². The Bertz CT molecular complexity index is 3380.